The number of aliphatic hydroxyl groups excluding tert-OH is 1. The van der Waals surface area contributed by atoms with Gasteiger partial charge in [-0.2, -0.15) is 13.2 Å². The number of ether oxygens (including phenoxy) is 2. The Labute approximate surface area is 298 Å². The van der Waals surface area contributed by atoms with Crippen molar-refractivity contribution in [3.05, 3.63) is 53.6 Å². The quantitative estimate of drug-likeness (QED) is 0.241. The molecule has 2 aliphatic rings. The van der Waals surface area contributed by atoms with Gasteiger partial charge in [0.15, 0.2) is 0 Å². The predicted octanol–water partition coefficient (Wildman–Crippen LogP) is 7.12. The number of hydrogen-bond acceptors (Lipinski definition) is 6. The smallest absolute Gasteiger partial charge is 0.416 e. The minimum atomic E-state index is -4.50. The number of carbonyl (C=O) groups excluding carboxylic acids is 3. The molecule has 1 aliphatic carbocycles. The van der Waals surface area contributed by atoms with E-state index in [1.807, 2.05) is 13.8 Å². The van der Waals surface area contributed by atoms with Gasteiger partial charge in [-0.05, 0) is 88.4 Å². The molecule has 0 unspecified atom stereocenters. The maximum Gasteiger partial charge on any atom is 0.416 e. The fraction of sp³-hybridized carbons (Fsp3) is 0.595. The third-order valence-electron chi connectivity index (χ3n) is 9.51. The molecule has 0 spiro atoms. The molecule has 0 aromatic heterocycles. The van der Waals surface area contributed by atoms with Gasteiger partial charge in [0.05, 0.1) is 36.0 Å². The molecular formula is C37H52F3N5O6. The predicted molar refractivity (Wildman–Crippen MR) is 189 cm³/mol. The van der Waals surface area contributed by atoms with Crippen LogP contribution in [0.3, 0.4) is 0 Å². The van der Waals surface area contributed by atoms with Crippen molar-refractivity contribution in [2.45, 2.75) is 103 Å². The van der Waals surface area contributed by atoms with Gasteiger partial charge in [-0.25, -0.2) is 9.59 Å². The Morgan fingerprint density at radius 3 is 2.29 bits per heavy atom. The highest BCUT2D eigenvalue weighted by Crippen LogP contribution is 2.31. The summed E-state index contributed by atoms with van der Waals surface area (Å²) in [5.74, 6) is -0.362. The molecule has 11 nitrogen and oxygen atoms in total. The summed E-state index contributed by atoms with van der Waals surface area (Å²) in [4.78, 5) is 43.5. The van der Waals surface area contributed by atoms with E-state index < -0.39 is 35.8 Å². The van der Waals surface area contributed by atoms with Crippen molar-refractivity contribution in [1.29, 1.82) is 0 Å². The lowest BCUT2D eigenvalue weighted by molar-refractivity contribution is -0.137. The van der Waals surface area contributed by atoms with Crippen LogP contribution < -0.4 is 20.7 Å². The Morgan fingerprint density at radius 2 is 1.63 bits per heavy atom. The van der Waals surface area contributed by atoms with Crippen LogP contribution in [0.2, 0.25) is 0 Å². The van der Waals surface area contributed by atoms with Crippen LogP contribution in [0.15, 0.2) is 42.5 Å². The van der Waals surface area contributed by atoms with Crippen LogP contribution >= 0.6 is 0 Å². The van der Waals surface area contributed by atoms with Gasteiger partial charge in [-0.3, -0.25) is 4.79 Å². The minimum Gasteiger partial charge on any atom is -0.490 e. The Bertz CT molecular complexity index is 1450. The molecule has 0 saturated heterocycles. The number of anilines is 2. The van der Waals surface area contributed by atoms with Gasteiger partial charge >= 0.3 is 18.2 Å². The summed E-state index contributed by atoms with van der Waals surface area (Å²) in [6.45, 7) is 6.27. The number of likely N-dealkylation sites (N-methyl/N-ethyl adjacent to an activating group) is 1. The zero-order chi connectivity index (χ0) is 37.1. The van der Waals surface area contributed by atoms with E-state index in [1.54, 1.807) is 35.9 Å². The molecule has 1 fully saturated rings. The topological polar surface area (TPSA) is 132 Å². The molecule has 0 radical (unpaired) electrons. The highest BCUT2D eigenvalue weighted by atomic mass is 19.4. The van der Waals surface area contributed by atoms with Gasteiger partial charge < -0.3 is 40.3 Å². The van der Waals surface area contributed by atoms with Crippen LogP contribution in [0.1, 0.15) is 88.1 Å². The average Bonchev–Trinajstić information content (AvgIpc) is 3.09. The molecule has 4 N–H and O–H groups in total. The first-order valence-corrected chi connectivity index (χ1v) is 17.9. The third-order valence-corrected chi connectivity index (χ3v) is 9.51. The first-order valence-electron chi connectivity index (χ1n) is 17.9. The summed E-state index contributed by atoms with van der Waals surface area (Å²) in [6, 6.07) is 7.40. The third kappa shape index (κ3) is 11.7. The Morgan fingerprint density at radius 1 is 0.980 bits per heavy atom. The van der Waals surface area contributed by atoms with Crippen LogP contribution in [0.25, 0.3) is 0 Å². The van der Waals surface area contributed by atoms with Crippen molar-refractivity contribution in [2.24, 2.45) is 5.92 Å². The van der Waals surface area contributed by atoms with E-state index in [4.69, 9.17) is 9.47 Å². The number of rotatable bonds is 7. The Kier molecular flexibility index (Phi) is 14.4. The number of hydrogen-bond donors (Lipinski definition) is 4. The maximum absolute atomic E-state index is 14.4. The number of nitrogens with zero attached hydrogens (tertiary/aromatic N) is 2. The van der Waals surface area contributed by atoms with Crippen LogP contribution in [-0.4, -0.2) is 90.5 Å². The summed E-state index contributed by atoms with van der Waals surface area (Å²) in [5.41, 5.74) is -0.271. The van der Waals surface area contributed by atoms with Gasteiger partial charge in [-0.1, -0.05) is 26.2 Å². The van der Waals surface area contributed by atoms with Crippen molar-refractivity contribution in [3.63, 3.8) is 0 Å². The Hall–Kier alpha value is -4.04. The van der Waals surface area contributed by atoms with E-state index in [0.717, 1.165) is 62.8 Å². The molecule has 4 atom stereocenters. The minimum absolute atomic E-state index is 0.151. The van der Waals surface area contributed by atoms with E-state index in [9.17, 15) is 32.7 Å². The summed E-state index contributed by atoms with van der Waals surface area (Å²) in [5, 5.41) is 18.5. The van der Waals surface area contributed by atoms with E-state index >= 15 is 0 Å². The van der Waals surface area contributed by atoms with Gasteiger partial charge in [0.1, 0.15) is 5.75 Å². The summed E-state index contributed by atoms with van der Waals surface area (Å²) >= 11 is 0. The fourth-order valence-electron chi connectivity index (χ4n) is 6.38. The zero-order valence-electron chi connectivity index (χ0n) is 29.9. The molecule has 1 saturated carbocycles. The summed E-state index contributed by atoms with van der Waals surface area (Å²) in [6.07, 6.45) is 2.44. The molecule has 1 aliphatic heterocycles. The van der Waals surface area contributed by atoms with Crippen LogP contribution in [0.5, 0.6) is 5.75 Å². The number of benzene rings is 2. The Balaban J connectivity index is 1.55. The zero-order valence-corrected chi connectivity index (χ0v) is 29.9. The molecule has 2 aromatic rings. The average molecular weight is 720 g/mol. The van der Waals surface area contributed by atoms with E-state index in [0.29, 0.717) is 25.3 Å². The molecule has 1 heterocycles. The SMILES string of the molecule is C[C@H](CO)N1C[C@H](C)[C@H](CN(C)C(=O)NC2CCCCC2)OCCCC[C@H](C)Oc2ccc(NC(=O)Nc3ccc(C(F)(F)F)cc3)cc2C1=O. The van der Waals surface area contributed by atoms with Crippen molar-refractivity contribution < 1.29 is 42.1 Å². The van der Waals surface area contributed by atoms with Crippen LogP contribution in [0.4, 0.5) is 34.1 Å². The molecule has 14 heteroatoms. The molecule has 4 rings (SSSR count). The number of aliphatic hydroxyl groups is 1. The monoisotopic (exact) mass is 719 g/mol. The fourth-order valence-corrected chi connectivity index (χ4v) is 6.38. The van der Waals surface area contributed by atoms with Gasteiger partial charge in [0, 0.05) is 50.1 Å². The molecule has 282 valence electrons. The number of alkyl halides is 3. The summed E-state index contributed by atoms with van der Waals surface area (Å²) in [7, 11) is 1.75. The highest BCUT2D eigenvalue weighted by Gasteiger charge is 2.32. The number of carbonyl (C=O) groups is 3. The normalized spacial score (nSPS) is 21.8. The van der Waals surface area contributed by atoms with E-state index in [2.05, 4.69) is 16.0 Å². The lowest BCUT2D eigenvalue weighted by atomic mass is 9.96. The van der Waals surface area contributed by atoms with Gasteiger partial charge in [-0.15, -0.1) is 0 Å². The second-order valence-electron chi connectivity index (χ2n) is 13.8. The second-order valence-corrected chi connectivity index (χ2v) is 13.8. The molecular weight excluding hydrogens is 667 g/mol. The lowest BCUT2D eigenvalue weighted by Gasteiger charge is -2.36. The van der Waals surface area contributed by atoms with Gasteiger partial charge in [0.2, 0.25) is 0 Å². The largest absolute Gasteiger partial charge is 0.490 e. The molecule has 51 heavy (non-hydrogen) atoms. The standard InChI is InChI=1S/C37H52F3N5O6/c1-24-21-45(25(2)23-46)34(47)31-20-30(42-35(48)41-29-15-13-27(14-16-29)37(38,39)40)17-18-32(31)51-26(3)10-8-9-19-50-33(24)22-44(4)36(49)43-28-11-6-5-7-12-28/h13-18,20,24-26,28,33,46H,5-12,19,21-23H2,1-4H3,(H,43,49)(H2,41,42,48)/t24-,25+,26-,33-/m0/s1. The number of halogens is 3. The molecule has 0 bridgehead atoms. The van der Waals surface area contributed by atoms with Crippen molar-refractivity contribution in [1.82, 2.24) is 15.1 Å². The maximum atomic E-state index is 14.4. The number of nitrogens with one attached hydrogen (secondary N) is 3. The summed E-state index contributed by atoms with van der Waals surface area (Å²) < 4.78 is 51.5. The number of amides is 5. The first-order chi connectivity index (χ1) is 24.2. The lowest BCUT2D eigenvalue weighted by Crippen LogP contribution is -2.50. The molecule has 2 aromatic carbocycles. The molecule has 5 amide bonds. The highest BCUT2D eigenvalue weighted by molar-refractivity contribution is 6.02. The van der Waals surface area contributed by atoms with E-state index in [-0.39, 0.29) is 54.2 Å². The first kappa shape index (κ1) is 39.7. The van der Waals surface area contributed by atoms with Crippen molar-refractivity contribution >= 4 is 29.3 Å². The van der Waals surface area contributed by atoms with Crippen LogP contribution in [-0.2, 0) is 10.9 Å². The van der Waals surface area contributed by atoms with Crippen LogP contribution in [0, 0.1) is 5.92 Å². The van der Waals surface area contributed by atoms with Gasteiger partial charge in [0.25, 0.3) is 5.91 Å². The number of fused-ring (bicyclic) bond motifs is 1. The van der Waals surface area contributed by atoms with Crippen molar-refractivity contribution in [3.8, 4) is 5.75 Å². The van der Waals surface area contributed by atoms with Crippen molar-refractivity contribution in [2.75, 3.05) is 44.0 Å². The number of urea groups is 2. The second kappa shape index (κ2) is 18.5. The van der Waals surface area contributed by atoms with E-state index in [1.165, 1.54) is 12.5 Å².